The maximum Gasteiger partial charge on any atom is 0.321 e. The Bertz CT molecular complexity index is 598. The Kier molecular flexibility index (Phi) is 4.45. The molecule has 0 saturated carbocycles. The molecule has 6 heteroatoms. The van der Waals surface area contributed by atoms with Gasteiger partial charge in [0.25, 0.3) is 0 Å². The monoisotopic (exact) mass is 277 g/mol. The van der Waals surface area contributed by atoms with Crippen LogP contribution in [0.3, 0.4) is 0 Å². The third-order valence-electron chi connectivity index (χ3n) is 2.94. The first-order valence-electron chi connectivity index (χ1n) is 6.47. The van der Waals surface area contributed by atoms with E-state index in [-0.39, 0.29) is 12.2 Å². The van der Waals surface area contributed by atoms with E-state index in [9.17, 15) is 9.18 Å². The number of carbonyl (C=O) groups is 1. The van der Waals surface area contributed by atoms with E-state index in [0.29, 0.717) is 12.4 Å². The van der Waals surface area contributed by atoms with Gasteiger partial charge in [-0.2, -0.15) is 5.10 Å². The van der Waals surface area contributed by atoms with Crippen molar-refractivity contribution in [2.24, 2.45) is 0 Å². The standard InChI is InChI=1S/C14H16FN3O2/c1-3-18-13(16-9-17-18)12(14(19)20-4-2)10-7-5-6-8-11(10)15/h5-9,12H,3-4H2,1-2H3. The Labute approximate surface area is 116 Å². The first-order chi connectivity index (χ1) is 9.69. The fraction of sp³-hybridized carbons (Fsp3) is 0.357. The van der Waals surface area contributed by atoms with Gasteiger partial charge in [0.15, 0.2) is 0 Å². The normalized spacial score (nSPS) is 12.2. The third kappa shape index (κ3) is 2.68. The number of nitrogens with zero attached hydrogens (tertiary/aromatic N) is 3. The quantitative estimate of drug-likeness (QED) is 0.786. The fourth-order valence-corrected chi connectivity index (χ4v) is 2.05. The van der Waals surface area contributed by atoms with Crippen LogP contribution in [0.15, 0.2) is 30.6 Å². The number of benzene rings is 1. The molecular weight excluding hydrogens is 261 g/mol. The maximum absolute atomic E-state index is 14.0. The van der Waals surface area contributed by atoms with Gasteiger partial charge in [0, 0.05) is 12.1 Å². The SMILES string of the molecule is CCOC(=O)C(c1ccccc1F)c1ncnn1CC. The minimum absolute atomic E-state index is 0.226. The number of carbonyl (C=O) groups excluding carboxylic acids is 1. The number of hydrogen-bond donors (Lipinski definition) is 0. The van der Waals surface area contributed by atoms with Crippen LogP contribution >= 0.6 is 0 Å². The Balaban J connectivity index is 2.51. The smallest absolute Gasteiger partial charge is 0.321 e. The first kappa shape index (κ1) is 14.2. The van der Waals surface area contributed by atoms with Crippen LogP contribution in [0, 0.1) is 5.82 Å². The Morgan fingerprint density at radius 2 is 2.15 bits per heavy atom. The van der Waals surface area contributed by atoms with Gasteiger partial charge in [-0.15, -0.1) is 0 Å². The zero-order chi connectivity index (χ0) is 14.5. The van der Waals surface area contributed by atoms with E-state index < -0.39 is 17.7 Å². The molecule has 5 nitrogen and oxygen atoms in total. The highest BCUT2D eigenvalue weighted by atomic mass is 19.1. The lowest BCUT2D eigenvalue weighted by molar-refractivity contribution is -0.144. The molecule has 1 unspecified atom stereocenters. The van der Waals surface area contributed by atoms with Gasteiger partial charge in [0.05, 0.1) is 6.61 Å². The van der Waals surface area contributed by atoms with Crippen LogP contribution < -0.4 is 0 Å². The number of ether oxygens (including phenoxy) is 1. The van der Waals surface area contributed by atoms with Crippen LogP contribution in [0.25, 0.3) is 0 Å². The lowest BCUT2D eigenvalue weighted by atomic mass is 9.97. The molecule has 0 aliphatic heterocycles. The summed E-state index contributed by atoms with van der Waals surface area (Å²) >= 11 is 0. The zero-order valence-electron chi connectivity index (χ0n) is 11.4. The van der Waals surface area contributed by atoms with Crippen molar-refractivity contribution in [3.8, 4) is 0 Å². The Hall–Kier alpha value is -2.24. The average Bonchev–Trinajstić information content (AvgIpc) is 2.90. The summed E-state index contributed by atoms with van der Waals surface area (Å²) in [5.74, 6) is -1.51. The molecule has 1 heterocycles. The summed E-state index contributed by atoms with van der Waals surface area (Å²) in [6, 6.07) is 6.13. The van der Waals surface area contributed by atoms with Crippen LogP contribution in [-0.2, 0) is 16.1 Å². The van der Waals surface area contributed by atoms with Crippen molar-refractivity contribution in [1.82, 2.24) is 14.8 Å². The second-order valence-corrected chi connectivity index (χ2v) is 4.14. The van der Waals surface area contributed by atoms with Crippen LogP contribution in [0.4, 0.5) is 4.39 Å². The van der Waals surface area contributed by atoms with E-state index in [4.69, 9.17) is 4.74 Å². The minimum atomic E-state index is -0.904. The molecule has 2 rings (SSSR count). The molecule has 106 valence electrons. The summed E-state index contributed by atoms with van der Waals surface area (Å²) in [5.41, 5.74) is 0.244. The van der Waals surface area contributed by atoms with Gasteiger partial charge in [-0.25, -0.2) is 14.1 Å². The lowest BCUT2D eigenvalue weighted by Crippen LogP contribution is -2.22. The van der Waals surface area contributed by atoms with Gasteiger partial charge in [0.1, 0.15) is 23.9 Å². The molecule has 1 aromatic carbocycles. The molecule has 0 N–H and O–H groups in total. The minimum Gasteiger partial charge on any atom is -0.465 e. The number of halogens is 1. The highest BCUT2D eigenvalue weighted by Crippen LogP contribution is 2.26. The van der Waals surface area contributed by atoms with E-state index in [0.717, 1.165) is 0 Å². The van der Waals surface area contributed by atoms with Crippen LogP contribution in [0.5, 0.6) is 0 Å². The number of aromatic nitrogens is 3. The molecule has 1 atom stereocenters. The second-order valence-electron chi connectivity index (χ2n) is 4.14. The second kappa shape index (κ2) is 6.27. The van der Waals surface area contributed by atoms with Crippen molar-refractivity contribution < 1.29 is 13.9 Å². The molecule has 1 aromatic heterocycles. The summed E-state index contributed by atoms with van der Waals surface area (Å²) in [6.45, 7) is 4.35. The molecule has 0 radical (unpaired) electrons. The largest absolute Gasteiger partial charge is 0.465 e. The Morgan fingerprint density at radius 1 is 1.40 bits per heavy atom. The summed E-state index contributed by atoms with van der Waals surface area (Å²) in [4.78, 5) is 16.3. The van der Waals surface area contributed by atoms with Gasteiger partial charge in [0.2, 0.25) is 0 Å². The predicted molar refractivity (Wildman–Crippen MR) is 70.6 cm³/mol. The number of aryl methyl sites for hydroxylation is 1. The topological polar surface area (TPSA) is 57.0 Å². The lowest BCUT2D eigenvalue weighted by Gasteiger charge is -2.16. The fourth-order valence-electron chi connectivity index (χ4n) is 2.05. The molecule has 0 bridgehead atoms. The zero-order valence-corrected chi connectivity index (χ0v) is 11.4. The van der Waals surface area contributed by atoms with E-state index >= 15 is 0 Å². The van der Waals surface area contributed by atoms with E-state index in [2.05, 4.69) is 10.1 Å². The molecule has 0 fully saturated rings. The van der Waals surface area contributed by atoms with Crippen molar-refractivity contribution in [2.75, 3.05) is 6.61 Å². The highest BCUT2D eigenvalue weighted by Gasteiger charge is 2.30. The molecule has 0 spiro atoms. The summed E-state index contributed by atoms with van der Waals surface area (Å²) in [6.07, 6.45) is 1.35. The van der Waals surface area contributed by atoms with E-state index in [1.807, 2.05) is 6.92 Å². The molecule has 20 heavy (non-hydrogen) atoms. The number of hydrogen-bond acceptors (Lipinski definition) is 4. The molecule has 0 aliphatic carbocycles. The molecule has 0 amide bonds. The maximum atomic E-state index is 14.0. The van der Waals surface area contributed by atoms with Crippen molar-refractivity contribution >= 4 is 5.97 Å². The molecule has 2 aromatic rings. The summed E-state index contributed by atoms with van der Waals surface area (Å²) in [5, 5.41) is 4.03. The van der Waals surface area contributed by atoms with Crippen molar-refractivity contribution in [3.63, 3.8) is 0 Å². The summed E-state index contributed by atoms with van der Waals surface area (Å²) in [7, 11) is 0. The van der Waals surface area contributed by atoms with Crippen molar-refractivity contribution in [3.05, 3.63) is 47.8 Å². The van der Waals surface area contributed by atoms with Crippen LogP contribution in [-0.4, -0.2) is 27.3 Å². The molecule has 0 saturated heterocycles. The van der Waals surface area contributed by atoms with Crippen molar-refractivity contribution in [2.45, 2.75) is 26.3 Å². The summed E-state index contributed by atoms with van der Waals surface area (Å²) < 4.78 is 20.6. The number of rotatable bonds is 5. The highest BCUT2D eigenvalue weighted by molar-refractivity contribution is 5.81. The van der Waals surface area contributed by atoms with Gasteiger partial charge in [-0.3, -0.25) is 4.79 Å². The third-order valence-corrected chi connectivity index (χ3v) is 2.94. The van der Waals surface area contributed by atoms with Crippen LogP contribution in [0.1, 0.15) is 31.2 Å². The molecule has 0 aliphatic rings. The van der Waals surface area contributed by atoms with Gasteiger partial charge in [-0.05, 0) is 19.9 Å². The first-order valence-corrected chi connectivity index (χ1v) is 6.47. The van der Waals surface area contributed by atoms with Gasteiger partial charge in [-0.1, -0.05) is 18.2 Å². The number of esters is 1. The average molecular weight is 277 g/mol. The van der Waals surface area contributed by atoms with Crippen LogP contribution in [0.2, 0.25) is 0 Å². The Morgan fingerprint density at radius 3 is 2.80 bits per heavy atom. The van der Waals surface area contributed by atoms with E-state index in [1.54, 1.807) is 29.8 Å². The van der Waals surface area contributed by atoms with Gasteiger partial charge >= 0.3 is 5.97 Å². The van der Waals surface area contributed by atoms with Gasteiger partial charge < -0.3 is 4.74 Å². The van der Waals surface area contributed by atoms with E-state index in [1.165, 1.54) is 12.4 Å². The molecular formula is C14H16FN3O2. The van der Waals surface area contributed by atoms with Crippen molar-refractivity contribution in [1.29, 1.82) is 0 Å². The predicted octanol–water partition coefficient (Wildman–Crippen LogP) is 2.13.